The van der Waals surface area contributed by atoms with Gasteiger partial charge in [-0.05, 0) is 61.2 Å². The van der Waals surface area contributed by atoms with Gasteiger partial charge in [-0.3, -0.25) is 13.9 Å². The summed E-state index contributed by atoms with van der Waals surface area (Å²) in [6.07, 6.45) is 3.53. The zero-order valence-electron chi connectivity index (χ0n) is 25.2. The molecule has 1 N–H and O–H groups in total. The molecule has 0 bridgehead atoms. The number of benzene rings is 3. The van der Waals surface area contributed by atoms with Gasteiger partial charge in [0.15, 0.2) is 0 Å². The monoisotopic (exact) mass is 627 g/mol. The Hall–Kier alpha value is -3.56. The van der Waals surface area contributed by atoms with Crippen molar-refractivity contribution in [1.82, 2.24) is 10.2 Å². The van der Waals surface area contributed by atoms with Crippen molar-refractivity contribution in [1.29, 1.82) is 0 Å². The Balaban J connectivity index is 1.86. The molecule has 8 nitrogen and oxygen atoms in total. The van der Waals surface area contributed by atoms with Crippen LogP contribution in [0.2, 0.25) is 5.02 Å². The van der Waals surface area contributed by atoms with E-state index in [1.807, 2.05) is 62.4 Å². The van der Waals surface area contributed by atoms with Crippen LogP contribution in [0.25, 0.3) is 0 Å². The van der Waals surface area contributed by atoms with E-state index in [2.05, 4.69) is 5.32 Å². The second kappa shape index (κ2) is 16.9. The van der Waals surface area contributed by atoms with Crippen LogP contribution in [0.4, 0.5) is 5.69 Å². The van der Waals surface area contributed by atoms with Gasteiger partial charge >= 0.3 is 0 Å². The lowest BCUT2D eigenvalue weighted by atomic mass is 10.0. The molecule has 232 valence electrons. The molecular formula is C33H42ClN3O5S. The van der Waals surface area contributed by atoms with Crippen LogP contribution >= 0.6 is 11.6 Å². The SMILES string of the molecule is CCCCNC(=O)C(Cc1ccccc1)N(Cc1ccccc1Cl)C(=O)CCCN(c1ccc(OCC)cc1)S(C)(=O)=O. The molecule has 0 aliphatic heterocycles. The third-order valence-electron chi connectivity index (χ3n) is 6.99. The molecule has 0 aliphatic carbocycles. The highest BCUT2D eigenvalue weighted by Crippen LogP contribution is 2.24. The van der Waals surface area contributed by atoms with Gasteiger partial charge in [-0.15, -0.1) is 0 Å². The quantitative estimate of drug-likeness (QED) is 0.190. The fraction of sp³-hybridized carbons (Fsp3) is 0.394. The largest absolute Gasteiger partial charge is 0.494 e. The number of nitrogens with one attached hydrogen (secondary N) is 1. The molecule has 0 fully saturated rings. The fourth-order valence-corrected chi connectivity index (χ4v) is 5.91. The first kappa shape index (κ1) is 33.9. The molecule has 0 aromatic heterocycles. The lowest BCUT2D eigenvalue weighted by molar-refractivity contribution is -0.141. The van der Waals surface area contributed by atoms with Gasteiger partial charge in [0, 0.05) is 37.5 Å². The summed E-state index contributed by atoms with van der Waals surface area (Å²) in [5, 5.41) is 3.51. The Bertz CT molecular complexity index is 1420. The molecule has 2 amide bonds. The molecule has 0 spiro atoms. The van der Waals surface area contributed by atoms with Crippen molar-refractivity contribution in [2.45, 2.75) is 58.5 Å². The standard InChI is InChI=1S/C33H42ClN3O5S/c1-4-6-22-35-33(39)31(24-26-13-8-7-9-14-26)36(25-27-15-10-11-16-30(27)34)32(38)17-12-23-37(43(3,40)41)28-18-20-29(21-19-28)42-5-2/h7-11,13-16,18-21,31H,4-6,12,17,22-25H2,1-3H3,(H,35,39). The number of amides is 2. The number of anilines is 1. The van der Waals surface area contributed by atoms with Crippen molar-refractivity contribution in [3.05, 3.63) is 95.0 Å². The fourth-order valence-electron chi connectivity index (χ4n) is 4.75. The summed E-state index contributed by atoms with van der Waals surface area (Å²) in [5.41, 5.74) is 2.14. The van der Waals surface area contributed by atoms with E-state index in [1.54, 1.807) is 35.2 Å². The van der Waals surface area contributed by atoms with E-state index in [-0.39, 0.29) is 37.7 Å². The van der Waals surface area contributed by atoms with Crippen molar-refractivity contribution in [3.63, 3.8) is 0 Å². The van der Waals surface area contributed by atoms with Gasteiger partial charge in [0.1, 0.15) is 11.8 Å². The average Bonchev–Trinajstić information content (AvgIpc) is 2.98. The van der Waals surface area contributed by atoms with Crippen LogP contribution in [0.3, 0.4) is 0 Å². The summed E-state index contributed by atoms with van der Waals surface area (Å²) in [6.45, 7) is 5.19. The summed E-state index contributed by atoms with van der Waals surface area (Å²) in [5.74, 6) is 0.156. The molecule has 0 radical (unpaired) electrons. The Morgan fingerprint density at radius 1 is 0.930 bits per heavy atom. The van der Waals surface area contributed by atoms with Crippen LogP contribution in [-0.2, 0) is 32.6 Å². The Kier molecular flexibility index (Phi) is 13.3. The third-order valence-corrected chi connectivity index (χ3v) is 8.55. The minimum atomic E-state index is -3.61. The number of hydrogen-bond donors (Lipinski definition) is 1. The summed E-state index contributed by atoms with van der Waals surface area (Å²) >= 11 is 6.49. The van der Waals surface area contributed by atoms with Gasteiger partial charge in [0.25, 0.3) is 0 Å². The topological polar surface area (TPSA) is 96.0 Å². The maximum Gasteiger partial charge on any atom is 0.243 e. The third kappa shape index (κ3) is 10.6. The van der Waals surface area contributed by atoms with E-state index < -0.39 is 16.1 Å². The number of carbonyl (C=O) groups is 2. The molecule has 43 heavy (non-hydrogen) atoms. The van der Waals surface area contributed by atoms with Crippen molar-refractivity contribution in [3.8, 4) is 5.75 Å². The smallest absolute Gasteiger partial charge is 0.243 e. The van der Waals surface area contributed by atoms with E-state index in [4.69, 9.17) is 16.3 Å². The number of ether oxygens (including phenoxy) is 1. The number of sulfonamides is 1. The molecule has 0 saturated heterocycles. The number of carbonyl (C=O) groups excluding carboxylic acids is 2. The Labute approximate surface area is 261 Å². The van der Waals surface area contributed by atoms with E-state index in [0.717, 1.165) is 30.2 Å². The van der Waals surface area contributed by atoms with Crippen molar-refractivity contribution in [2.24, 2.45) is 0 Å². The molecule has 3 aromatic carbocycles. The molecule has 10 heteroatoms. The zero-order valence-corrected chi connectivity index (χ0v) is 26.7. The first-order valence-corrected chi connectivity index (χ1v) is 16.9. The number of unbranched alkanes of at least 4 members (excludes halogenated alkanes) is 1. The zero-order chi connectivity index (χ0) is 31.2. The number of halogens is 1. The first-order valence-electron chi connectivity index (χ1n) is 14.7. The summed E-state index contributed by atoms with van der Waals surface area (Å²) in [4.78, 5) is 29.1. The highest BCUT2D eigenvalue weighted by Gasteiger charge is 2.31. The van der Waals surface area contributed by atoms with Crippen molar-refractivity contribution >= 4 is 39.1 Å². The Morgan fingerprint density at radius 2 is 1.60 bits per heavy atom. The predicted molar refractivity (Wildman–Crippen MR) is 173 cm³/mol. The van der Waals surface area contributed by atoms with Crippen LogP contribution in [0, 0.1) is 0 Å². The maximum absolute atomic E-state index is 13.9. The van der Waals surface area contributed by atoms with E-state index in [0.29, 0.717) is 36.0 Å². The molecule has 0 saturated carbocycles. The number of hydrogen-bond acceptors (Lipinski definition) is 5. The highest BCUT2D eigenvalue weighted by atomic mass is 35.5. The van der Waals surface area contributed by atoms with E-state index in [9.17, 15) is 18.0 Å². The lowest BCUT2D eigenvalue weighted by Crippen LogP contribution is -2.50. The molecular weight excluding hydrogens is 586 g/mol. The summed E-state index contributed by atoms with van der Waals surface area (Å²) in [7, 11) is -3.61. The first-order chi connectivity index (χ1) is 20.6. The molecule has 3 rings (SSSR count). The second-order valence-corrected chi connectivity index (χ2v) is 12.6. The molecule has 3 aromatic rings. The van der Waals surface area contributed by atoms with Gasteiger partial charge < -0.3 is 15.0 Å². The minimum Gasteiger partial charge on any atom is -0.494 e. The van der Waals surface area contributed by atoms with Crippen LogP contribution < -0.4 is 14.4 Å². The maximum atomic E-state index is 13.9. The molecule has 0 heterocycles. The van der Waals surface area contributed by atoms with Crippen molar-refractivity contribution in [2.75, 3.05) is 30.3 Å². The van der Waals surface area contributed by atoms with Crippen LogP contribution in [0.1, 0.15) is 50.7 Å². The van der Waals surface area contributed by atoms with Crippen molar-refractivity contribution < 1.29 is 22.7 Å². The second-order valence-electron chi connectivity index (χ2n) is 10.3. The minimum absolute atomic E-state index is 0.0427. The average molecular weight is 628 g/mol. The molecule has 1 atom stereocenters. The molecule has 1 unspecified atom stereocenters. The van der Waals surface area contributed by atoms with Gasteiger partial charge in [-0.25, -0.2) is 8.42 Å². The highest BCUT2D eigenvalue weighted by molar-refractivity contribution is 7.92. The predicted octanol–water partition coefficient (Wildman–Crippen LogP) is 5.84. The number of rotatable bonds is 17. The van der Waals surface area contributed by atoms with Gasteiger partial charge in [0.05, 0.1) is 18.6 Å². The Morgan fingerprint density at radius 3 is 2.23 bits per heavy atom. The lowest BCUT2D eigenvalue weighted by Gasteiger charge is -2.32. The van der Waals surface area contributed by atoms with Crippen LogP contribution in [0.5, 0.6) is 5.75 Å². The summed E-state index contributed by atoms with van der Waals surface area (Å²) < 4.78 is 32.1. The number of nitrogens with zero attached hydrogens (tertiary/aromatic N) is 2. The van der Waals surface area contributed by atoms with Gasteiger partial charge in [0.2, 0.25) is 21.8 Å². The van der Waals surface area contributed by atoms with Crippen LogP contribution in [0.15, 0.2) is 78.9 Å². The van der Waals surface area contributed by atoms with E-state index >= 15 is 0 Å². The van der Waals surface area contributed by atoms with Gasteiger partial charge in [-0.1, -0.05) is 73.5 Å². The normalized spacial score (nSPS) is 11.9. The van der Waals surface area contributed by atoms with E-state index in [1.165, 1.54) is 4.31 Å². The summed E-state index contributed by atoms with van der Waals surface area (Å²) in [6, 6.07) is 22.9. The molecule has 0 aliphatic rings. The van der Waals surface area contributed by atoms with Crippen LogP contribution in [-0.4, -0.2) is 57.1 Å². The van der Waals surface area contributed by atoms with Gasteiger partial charge in [-0.2, -0.15) is 0 Å².